The van der Waals surface area contributed by atoms with Crippen LogP contribution in [0.25, 0.3) is 0 Å². The molecule has 1 aliphatic carbocycles. The number of benzene rings is 2. The van der Waals surface area contributed by atoms with Gasteiger partial charge in [-0.25, -0.2) is 0 Å². The van der Waals surface area contributed by atoms with Crippen molar-refractivity contribution in [1.29, 1.82) is 0 Å². The SMILES string of the molecule is COc1cc(C(=O)NCC2(N(C)C)CCCC2)cc(OCCCF)c1OCc1ccccc1.Cl. The fourth-order valence-electron chi connectivity index (χ4n) is 4.24. The van der Waals surface area contributed by atoms with Crippen molar-refractivity contribution < 1.29 is 23.4 Å². The fourth-order valence-corrected chi connectivity index (χ4v) is 4.24. The molecule has 1 fully saturated rings. The molecule has 1 aliphatic rings. The molecule has 0 radical (unpaired) electrons. The lowest BCUT2D eigenvalue weighted by atomic mass is 9.96. The topological polar surface area (TPSA) is 60.0 Å². The van der Waals surface area contributed by atoms with Gasteiger partial charge in [-0.15, -0.1) is 12.4 Å². The minimum Gasteiger partial charge on any atom is -0.493 e. The number of carbonyl (C=O) groups is 1. The number of nitrogens with one attached hydrogen (secondary N) is 1. The van der Waals surface area contributed by atoms with Gasteiger partial charge in [0.1, 0.15) is 6.61 Å². The largest absolute Gasteiger partial charge is 0.493 e. The number of amides is 1. The van der Waals surface area contributed by atoms with Crippen LogP contribution in [0.4, 0.5) is 4.39 Å². The Morgan fingerprint density at radius 3 is 2.38 bits per heavy atom. The fraction of sp³-hybridized carbons (Fsp3) is 0.500. The minimum atomic E-state index is -0.482. The normalized spacial score (nSPS) is 14.4. The molecular weight excluding hydrogens is 459 g/mol. The van der Waals surface area contributed by atoms with E-state index >= 15 is 0 Å². The number of hydrogen-bond acceptors (Lipinski definition) is 5. The molecule has 0 atom stereocenters. The van der Waals surface area contributed by atoms with E-state index in [1.54, 1.807) is 12.1 Å². The zero-order valence-electron chi connectivity index (χ0n) is 20.3. The number of rotatable bonds is 12. The lowest BCUT2D eigenvalue weighted by Crippen LogP contribution is -2.50. The maximum atomic E-state index is 13.1. The third kappa shape index (κ3) is 7.00. The summed E-state index contributed by atoms with van der Waals surface area (Å²) in [4.78, 5) is 15.3. The Kier molecular flexibility index (Phi) is 10.9. The number of nitrogens with zero attached hydrogens (tertiary/aromatic N) is 1. The highest BCUT2D eigenvalue weighted by molar-refractivity contribution is 5.95. The number of likely N-dealkylation sites (N-methyl/N-ethyl adjacent to an activating group) is 1. The molecule has 1 N–H and O–H groups in total. The zero-order chi connectivity index (χ0) is 23.7. The molecule has 3 rings (SSSR count). The van der Waals surface area contributed by atoms with Gasteiger partial charge < -0.3 is 24.4 Å². The summed E-state index contributed by atoms with van der Waals surface area (Å²) in [5, 5.41) is 3.09. The van der Waals surface area contributed by atoms with Crippen molar-refractivity contribution in [2.75, 3.05) is 41.0 Å². The molecule has 0 heterocycles. The summed E-state index contributed by atoms with van der Waals surface area (Å²) in [5.41, 5.74) is 1.39. The Labute approximate surface area is 208 Å². The first kappa shape index (κ1) is 27.7. The second-order valence-electron chi connectivity index (χ2n) is 8.68. The van der Waals surface area contributed by atoms with Crippen molar-refractivity contribution in [3.63, 3.8) is 0 Å². The number of alkyl halides is 1. The summed E-state index contributed by atoms with van der Waals surface area (Å²) in [7, 11) is 5.66. The van der Waals surface area contributed by atoms with Crippen LogP contribution >= 0.6 is 12.4 Å². The molecule has 0 saturated heterocycles. The molecule has 6 nitrogen and oxygen atoms in total. The first-order chi connectivity index (χ1) is 16.0. The second kappa shape index (κ2) is 13.4. The standard InChI is InChI=1S/C26H35FN2O4.ClH/c1-29(2)26(12-7-8-13-26)19-28-25(30)21-16-22(31-3)24(23(17-21)32-15-9-14-27)33-18-20-10-5-4-6-11-20;/h4-6,10-11,16-17H,7-9,12-15,18-19H2,1-3H3,(H,28,30);1H. The van der Waals surface area contributed by atoms with Gasteiger partial charge in [-0.3, -0.25) is 9.18 Å². The molecule has 0 aliphatic heterocycles. The highest BCUT2D eigenvalue weighted by Gasteiger charge is 2.36. The van der Waals surface area contributed by atoms with E-state index in [1.807, 2.05) is 30.3 Å². The zero-order valence-corrected chi connectivity index (χ0v) is 21.1. The van der Waals surface area contributed by atoms with Crippen molar-refractivity contribution in [3.8, 4) is 17.2 Å². The monoisotopic (exact) mass is 494 g/mol. The predicted octanol–water partition coefficient (Wildman–Crippen LogP) is 5.04. The number of ether oxygens (including phenoxy) is 3. The average molecular weight is 495 g/mol. The van der Waals surface area contributed by atoms with Crippen molar-refractivity contribution >= 4 is 18.3 Å². The second-order valence-corrected chi connectivity index (χ2v) is 8.68. The van der Waals surface area contributed by atoms with Gasteiger partial charge in [0.25, 0.3) is 5.91 Å². The van der Waals surface area contributed by atoms with E-state index in [0.29, 0.717) is 36.0 Å². The summed E-state index contributed by atoms with van der Waals surface area (Å²) in [6.45, 7) is 0.583. The van der Waals surface area contributed by atoms with Crippen LogP contribution in [-0.4, -0.2) is 57.4 Å². The summed E-state index contributed by atoms with van der Waals surface area (Å²) in [6, 6.07) is 13.0. The molecule has 34 heavy (non-hydrogen) atoms. The maximum absolute atomic E-state index is 13.1. The molecule has 1 amide bonds. The Bertz CT molecular complexity index is 905. The Hall–Kier alpha value is -2.51. The summed E-state index contributed by atoms with van der Waals surface area (Å²) >= 11 is 0. The van der Waals surface area contributed by atoms with Crippen LogP contribution in [0.5, 0.6) is 17.2 Å². The lowest BCUT2D eigenvalue weighted by Gasteiger charge is -2.36. The van der Waals surface area contributed by atoms with Gasteiger partial charge >= 0.3 is 0 Å². The minimum absolute atomic E-state index is 0. The number of halogens is 2. The van der Waals surface area contributed by atoms with Gasteiger partial charge in [0, 0.05) is 24.1 Å². The van der Waals surface area contributed by atoms with Crippen molar-refractivity contribution in [2.24, 2.45) is 0 Å². The Morgan fingerprint density at radius 1 is 1.09 bits per heavy atom. The van der Waals surface area contributed by atoms with E-state index in [9.17, 15) is 9.18 Å². The molecule has 8 heteroatoms. The molecule has 2 aromatic rings. The van der Waals surface area contributed by atoms with Gasteiger partial charge in [-0.2, -0.15) is 0 Å². The van der Waals surface area contributed by atoms with Crippen molar-refractivity contribution in [2.45, 2.75) is 44.2 Å². The van der Waals surface area contributed by atoms with Gasteiger partial charge in [-0.1, -0.05) is 43.2 Å². The molecule has 0 aromatic heterocycles. The van der Waals surface area contributed by atoms with Gasteiger partial charge in [0.05, 0.1) is 20.4 Å². The smallest absolute Gasteiger partial charge is 0.251 e. The van der Waals surface area contributed by atoms with Gasteiger partial charge in [0.2, 0.25) is 5.75 Å². The van der Waals surface area contributed by atoms with Crippen LogP contribution in [0.2, 0.25) is 0 Å². The van der Waals surface area contributed by atoms with Crippen molar-refractivity contribution in [3.05, 3.63) is 53.6 Å². The van der Waals surface area contributed by atoms with E-state index in [4.69, 9.17) is 14.2 Å². The highest BCUT2D eigenvalue weighted by Crippen LogP contribution is 2.40. The Morgan fingerprint density at radius 2 is 1.76 bits per heavy atom. The molecular formula is C26H36ClFN2O4. The lowest BCUT2D eigenvalue weighted by molar-refractivity contribution is 0.0899. The predicted molar refractivity (Wildman–Crippen MR) is 134 cm³/mol. The molecule has 2 aromatic carbocycles. The summed E-state index contributed by atoms with van der Waals surface area (Å²) < 4.78 is 30.0. The van der Waals surface area contributed by atoms with Gasteiger partial charge in [-0.05, 0) is 44.6 Å². The van der Waals surface area contributed by atoms with Gasteiger partial charge in [0.15, 0.2) is 11.5 Å². The van der Waals surface area contributed by atoms with Crippen molar-refractivity contribution in [1.82, 2.24) is 10.2 Å². The summed E-state index contributed by atoms with van der Waals surface area (Å²) in [5.74, 6) is 0.966. The van der Waals surface area contributed by atoms with Crippen LogP contribution in [0.15, 0.2) is 42.5 Å². The Balaban J connectivity index is 0.00000408. The average Bonchev–Trinajstić information content (AvgIpc) is 3.32. The molecule has 0 spiro atoms. The summed E-state index contributed by atoms with van der Waals surface area (Å²) in [6.07, 6.45) is 4.72. The molecule has 0 unspecified atom stereocenters. The number of carbonyl (C=O) groups excluding carboxylic acids is 1. The third-order valence-corrected chi connectivity index (χ3v) is 6.33. The van der Waals surface area contributed by atoms with Crippen LogP contribution in [0, 0.1) is 0 Å². The first-order valence-electron chi connectivity index (χ1n) is 11.5. The highest BCUT2D eigenvalue weighted by atomic mass is 35.5. The molecule has 0 bridgehead atoms. The quantitative estimate of drug-likeness (QED) is 0.419. The molecule has 188 valence electrons. The third-order valence-electron chi connectivity index (χ3n) is 6.33. The van der Waals surface area contributed by atoms with Crippen LogP contribution in [0.3, 0.4) is 0 Å². The van der Waals surface area contributed by atoms with E-state index in [-0.39, 0.29) is 36.9 Å². The number of methoxy groups -OCH3 is 1. The maximum Gasteiger partial charge on any atom is 0.251 e. The molecule has 1 saturated carbocycles. The van der Waals surface area contributed by atoms with Crippen LogP contribution in [0.1, 0.15) is 48.0 Å². The first-order valence-corrected chi connectivity index (χ1v) is 11.5. The van der Waals surface area contributed by atoms with Crippen LogP contribution < -0.4 is 19.5 Å². The van der Waals surface area contributed by atoms with E-state index < -0.39 is 6.67 Å². The van der Waals surface area contributed by atoms with E-state index in [1.165, 1.54) is 20.0 Å². The number of hydrogen-bond donors (Lipinski definition) is 1. The van der Waals surface area contributed by atoms with Crippen LogP contribution in [-0.2, 0) is 6.61 Å². The van der Waals surface area contributed by atoms with E-state index in [0.717, 1.165) is 18.4 Å². The van der Waals surface area contributed by atoms with E-state index in [2.05, 4.69) is 24.3 Å².